The van der Waals surface area contributed by atoms with Crippen LogP contribution < -0.4 is 0 Å². The molecule has 0 atom stereocenters. The molecular formula is C9H12OS2. The van der Waals surface area contributed by atoms with Crippen LogP contribution in [0.2, 0.25) is 0 Å². The summed E-state index contributed by atoms with van der Waals surface area (Å²) in [6.45, 7) is 0. The van der Waals surface area contributed by atoms with Crippen molar-refractivity contribution >= 4 is 29.3 Å². The van der Waals surface area contributed by atoms with Crippen LogP contribution in [0.25, 0.3) is 0 Å². The zero-order valence-electron chi connectivity index (χ0n) is 6.91. The van der Waals surface area contributed by atoms with Gasteiger partial charge in [-0.1, -0.05) is 6.08 Å². The first kappa shape index (κ1) is 8.70. The summed E-state index contributed by atoms with van der Waals surface area (Å²) in [6.07, 6.45) is 7.00. The molecule has 0 aromatic heterocycles. The quantitative estimate of drug-likeness (QED) is 0.598. The molecule has 1 saturated heterocycles. The normalized spacial score (nSPS) is 27.8. The molecular weight excluding hydrogens is 188 g/mol. The maximum atomic E-state index is 11.0. The van der Waals surface area contributed by atoms with E-state index in [1.165, 1.54) is 17.9 Å². The number of rotatable bonds is 0. The molecule has 2 aliphatic rings. The second-order valence-electron chi connectivity index (χ2n) is 3.16. The first-order valence-corrected chi connectivity index (χ1v) is 6.28. The molecule has 0 amide bonds. The minimum atomic E-state index is 0.270. The van der Waals surface area contributed by atoms with Gasteiger partial charge in [-0.25, -0.2) is 0 Å². The van der Waals surface area contributed by atoms with Gasteiger partial charge in [0, 0.05) is 6.42 Å². The van der Waals surface area contributed by atoms with Crippen molar-refractivity contribution in [2.24, 2.45) is 0 Å². The highest BCUT2D eigenvalue weighted by molar-refractivity contribution is 8.19. The van der Waals surface area contributed by atoms with Gasteiger partial charge in [0.15, 0.2) is 5.78 Å². The van der Waals surface area contributed by atoms with Gasteiger partial charge in [0.1, 0.15) is 0 Å². The Morgan fingerprint density at radius 1 is 1.33 bits per heavy atom. The van der Waals surface area contributed by atoms with E-state index in [1.54, 1.807) is 6.08 Å². The van der Waals surface area contributed by atoms with E-state index in [9.17, 15) is 4.79 Å². The average molecular weight is 200 g/mol. The summed E-state index contributed by atoms with van der Waals surface area (Å²) in [5.74, 6) is 2.81. The molecule has 0 saturated carbocycles. The first-order valence-electron chi connectivity index (χ1n) is 4.31. The van der Waals surface area contributed by atoms with Crippen molar-refractivity contribution in [3.05, 3.63) is 12.2 Å². The lowest BCUT2D eigenvalue weighted by molar-refractivity contribution is -0.114. The third kappa shape index (κ3) is 1.72. The van der Waals surface area contributed by atoms with E-state index >= 15 is 0 Å². The largest absolute Gasteiger partial charge is 0.295 e. The van der Waals surface area contributed by atoms with Crippen LogP contribution in [-0.4, -0.2) is 21.4 Å². The van der Waals surface area contributed by atoms with Crippen molar-refractivity contribution in [1.29, 1.82) is 0 Å². The van der Waals surface area contributed by atoms with Crippen LogP contribution >= 0.6 is 23.5 Å². The van der Waals surface area contributed by atoms with Crippen LogP contribution in [0, 0.1) is 0 Å². The topological polar surface area (TPSA) is 17.1 Å². The smallest absolute Gasteiger partial charge is 0.155 e. The van der Waals surface area contributed by atoms with Gasteiger partial charge in [-0.15, -0.1) is 23.5 Å². The Balaban J connectivity index is 2.10. The van der Waals surface area contributed by atoms with E-state index in [1.807, 2.05) is 23.5 Å². The average Bonchev–Trinajstić information content (AvgIpc) is 2.13. The summed E-state index contributed by atoms with van der Waals surface area (Å²) in [5, 5.41) is 0. The summed E-state index contributed by atoms with van der Waals surface area (Å²) >= 11 is 4.02. The van der Waals surface area contributed by atoms with Crippen molar-refractivity contribution in [2.45, 2.75) is 23.3 Å². The van der Waals surface area contributed by atoms with E-state index in [2.05, 4.69) is 6.08 Å². The van der Waals surface area contributed by atoms with E-state index in [0.717, 1.165) is 12.8 Å². The van der Waals surface area contributed by atoms with E-state index < -0.39 is 0 Å². The molecule has 0 aromatic carbocycles. The summed E-state index contributed by atoms with van der Waals surface area (Å²) in [4.78, 5) is 11.0. The molecule has 1 aliphatic heterocycles. The van der Waals surface area contributed by atoms with Gasteiger partial charge in [-0.2, -0.15) is 0 Å². The second kappa shape index (κ2) is 3.46. The Bertz CT molecular complexity index is 217. The number of carbonyl (C=O) groups is 1. The van der Waals surface area contributed by atoms with Gasteiger partial charge in [-0.3, -0.25) is 4.79 Å². The predicted molar refractivity (Wildman–Crippen MR) is 55.6 cm³/mol. The molecule has 1 fully saturated rings. The van der Waals surface area contributed by atoms with Crippen LogP contribution in [0.3, 0.4) is 0 Å². The predicted octanol–water partition coefficient (Wildman–Crippen LogP) is 2.47. The molecule has 3 heteroatoms. The Kier molecular flexibility index (Phi) is 2.51. The summed E-state index contributed by atoms with van der Waals surface area (Å²) in [5.41, 5.74) is 0. The Labute approximate surface area is 81.4 Å². The highest BCUT2D eigenvalue weighted by Gasteiger charge is 2.33. The molecule has 0 bridgehead atoms. The van der Waals surface area contributed by atoms with Gasteiger partial charge < -0.3 is 0 Å². The molecule has 0 unspecified atom stereocenters. The van der Waals surface area contributed by atoms with Crippen LogP contribution in [0.1, 0.15) is 19.3 Å². The van der Waals surface area contributed by atoms with Crippen molar-refractivity contribution < 1.29 is 4.79 Å². The van der Waals surface area contributed by atoms with Crippen LogP contribution in [0.4, 0.5) is 0 Å². The number of thioether (sulfide) groups is 2. The molecule has 0 aromatic rings. The van der Waals surface area contributed by atoms with Gasteiger partial charge in [0.2, 0.25) is 0 Å². The fourth-order valence-corrected chi connectivity index (χ4v) is 4.62. The molecule has 1 spiro atoms. The Hall–Kier alpha value is 0.110. The van der Waals surface area contributed by atoms with Crippen molar-refractivity contribution in [1.82, 2.24) is 0 Å². The van der Waals surface area contributed by atoms with Crippen LogP contribution in [-0.2, 0) is 4.79 Å². The Morgan fingerprint density at radius 3 is 2.67 bits per heavy atom. The van der Waals surface area contributed by atoms with Crippen LogP contribution in [0.15, 0.2) is 12.2 Å². The number of carbonyl (C=O) groups excluding carboxylic acids is 1. The van der Waals surface area contributed by atoms with Gasteiger partial charge in [0.25, 0.3) is 0 Å². The molecule has 0 N–H and O–H groups in total. The Morgan fingerprint density at radius 2 is 2.08 bits per heavy atom. The molecule has 1 nitrogen and oxygen atoms in total. The highest BCUT2D eigenvalue weighted by Crippen LogP contribution is 2.47. The summed E-state index contributed by atoms with van der Waals surface area (Å²) in [6, 6.07) is 0. The maximum Gasteiger partial charge on any atom is 0.155 e. The minimum absolute atomic E-state index is 0.270. The lowest BCUT2D eigenvalue weighted by Crippen LogP contribution is -2.26. The van der Waals surface area contributed by atoms with Crippen molar-refractivity contribution in [2.75, 3.05) is 11.5 Å². The van der Waals surface area contributed by atoms with Crippen molar-refractivity contribution in [3.63, 3.8) is 0 Å². The third-order valence-corrected chi connectivity index (χ3v) is 5.57. The van der Waals surface area contributed by atoms with Gasteiger partial charge in [0.05, 0.1) is 4.08 Å². The number of ketones is 1. The van der Waals surface area contributed by atoms with E-state index in [-0.39, 0.29) is 4.08 Å². The lowest BCUT2D eigenvalue weighted by atomic mass is 10.1. The van der Waals surface area contributed by atoms with Crippen LogP contribution in [0.5, 0.6) is 0 Å². The highest BCUT2D eigenvalue weighted by atomic mass is 32.2. The number of hydrogen-bond donors (Lipinski definition) is 0. The molecule has 12 heavy (non-hydrogen) atoms. The fraction of sp³-hybridized carbons (Fsp3) is 0.667. The molecule has 1 heterocycles. The van der Waals surface area contributed by atoms with Gasteiger partial charge in [-0.05, 0) is 30.4 Å². The number of hydrogen-bond acceptors (Lipinski definition) is 3. The lowest BCUT2D eigenvalue weighted by Gasteiger charge is -2.34. The maximum absolute atomic E-state index is 11.0. The van der Waals surface area contributed by atoms with Crippen molar-refractivity contribution in [3.8, 4) is 0 Å². The standard InChI is InChI=1S/C9H12OS2/c10-8-2-4-9(5-3-8)11-6-1-7-12-9/h2,4H,1,3,5-7H2. The summed E-state index contributed by atoms with van der Waals surface area (Å²) < 4.78 is 0.270. The molecule has 66 valence electrons. The zero-order valence-corrected chi connectivity index (χ0v) is 8.55. The third-order valence-electron chi connectivity index (χ3n) is 2.22. The zero-order chi connectivity index (χ0) is 8.44. The monoisotopic (exact) mass is 200 g/mol. The van der Waals surface area contributed by atoms with Gasteiger partial charge >= 0.3 is 0 Å². The number of allylic oxidation sites excluding steroid dienone is 1. The fourth-order valence-electron chi connectivity index (χ4n) is 1.52. The molecule has 1 aliphatic carbocycles. The van der Waals surface area contributed by atoms with E-state index in [4.69, 9.17) is 0 Å². The molecule has 0 radical (unpaired) electrons. The summed E-state index contributed by atoms with van der Waals surface area (Å²) in [7, 11) is 0. The van der Waals surface area contributed by atoms with E-state index in [0.29, 0.717) is 5.78 Å². The minimum Gasteiger partial charge on any atom is -0.295 e. The SMILES string of the molecule is O=C1C=CC2(CC1)SCCCS2. The molecule has 2 rings (SSSR count). The first-order chi connectivity index (χ1) is 5.81. The second-order valence-corrected chi connectivity index (χ2v) is 6.27.